The van der Waals surface area contributed by atoms with Gasteiger partial charge in [0.15, 0.2) is 0 Å². The summed E-state index contributed by atoms with van der Waals surface area (Å²) < 4.78 is 1.63. The third-order valence-corrected chi connectivity index (χ3v) is 2.76. The van der Waals surface area contributed by atoms with E-state index < -0.39 is 0 Å². The average molecular weight is 302 g/mol. The Morgan fingerprint density at radius 3 is 2.94 bits per heavy atom. The first kappa shape index (κ1) is 13.9. The van der Waals surface area contributed by atoms with Crippen LogP contribution < -0.4 is 10.9 Å². The van der Waals surface area contributed by atoms with Crippen LogP contribution in [0.5, 0.6) is 0 Å². The van der Waals surface area contributed by atoms with E-state index in [1.807, 2.05) is 0 Å². The van der Waals surface area contributed by atoms with Gasteiger partial charge in [0.05, 0.1) is 6.33 Å². The molecule has 1 heterocycles. The third kappa shape index (κ3) is 4.68. The number of amides is 1. The second kappa shape index (κ2) is 6.54. The maximum absolute atomic E-state index is 11.6. The monoisotopic (exact) mass is 301 g/mol. The minimum atomic E-state index is -0.251. The Morgan fingerprint density at radius 1 is 1.59 bits per heavy atom. The summed E-state index contributed by atoms with van der Waals surface area (Å²) in [6, 6.07) is 0. The van der Waals surface area contributed by atoms with Crippen LogP contribution in [-0.2, 0) is 11.3 Å². The molecule has 6 heteroatoms. The van der Waals surface area contributed by atoms with Crippen LogP contribution in [0, 0.1) is 5.92 Å². The van der Waals surface area contributed by atoms with Gasteiger partial charge < -0.3 is 5.32 Å². The normalized spacial score (nSPS) is 10.6. The first-order valence-electron chi connectivity index (χ1n) is 5.47. The second-order valence-corrected chi connectivity index (χ2v) is 5.06. The van der Waals surface area contributed by atoms with Crippen molar-refractivity contribution >= 4 is 21.8 Å². The molecule has 94 valence electrons. The molecule has 0 atom stereocenters. The molecule has 5 nitrogen and oxygen atoms in total. The predicted octanol–water partition coefficient (Wildman–Crippen LogP) is 1.17. The fourth-order valence-corrected chi connectivity index (χ4v) is 1.59. The van der Waals surface area contributed by atoms with Crippen LogP contribution in [0.25, 0.3) is 0 Å². The molecule has 0 aliphatic carbocycles. The molecule has 0 aliphatic rings. The van der Waals surface area contributed by atoms with Crippen molar-refractivity contribution in [3.8, 4) is 0 Å². The van der Waals surface area contributed by atoms with Crippen molar-refractivity contribution in [1.82, 2.24) is 14.9 Å². The summed E-state index contributed by atoms with van der Waals surface area (Å²) in [7, 11) is 0. The molecule has 1 rings (SSSR count). The van der Waals surface area contributed by atoms with Gasteiger partial charge in [0, 0.05) is 12.7 Å². The predicted molar refractivity (Wildman–Crippen MR) is 68.7 cm³/mol. The Hall–Kier alpha value is -1.17. The van der Waals surface area contributed by atoms with Gasteiger partial charge in [0.25, 0.3) is 5.56 Å². The summed E-state index contributed by atoms with van der Waals surface area (Å²) >= 11 is 3.08. The lowest BCUT2D eigenvalue weighted by Gasteiger charge is -2.08. The Kier molecular flexibility index (Phi) is 5.34. The molecule has 1 N–H and O–H groups in total. The fourth-order valence-electron chi connectivity index (χ4n) is 1.25. The minimum Gasteiger partial charge on any atom is -0.355 e. The van der Waals surface area contributed by atoms with E-state index in [-0.39, 0.29) is 18.0 Å². The Balaban J connectivity index is 2.51. The topological polar surface area (TPSA) is 64.0 Å². The highest BCUT2D eigenvalue weighted by Crippen LogP contribution is 1.98. The van der Waals surface area contributed by atoms with Gasteiger partial charge in [0.1, 0.15) is 11.0 Å². The van der Waals surface area contributed by atoms with E-state index in [4.69, 9.17) is 0 Å². The van der Waals surface area contributed by atoms with E-state index in [9.17, 15) is 9.59 Å². The van der Waals surface area contributed by atoms with Crippen molar-refractivity contribution in [2.45, 2.75) is 26.8 Å². The Morgan fingerprint density at radius 2 is 2.29 bits per heavy atom. The SMILES string of the molecule is CC(C)CCNC(=O)Cn1cncc(Br)c1=O. The smallest absolute Gasteiger partial charge is 0.268 e. The largest absolute Gasteiger partial charge is 0.355 e. The van der Waals surface area contributed by atoms with Crippen molar-refractivity contribution in [2.24, 2.45) is 5.92 Å². The minimum absolute atomic E-state index is 0.00334. The molecule has 0 aliphatic heterocycles. The molecule has 0 saturated heterocycles. The highest BCUT2D eigenvalue weighted by atomic mass is 79.9. The molecule has 0 spiro atoms. The summed E-state index contributed by atoms with van der Waals surface area (Å²) in [5.41, 5.74) is -0.251. The number of carbonyl (C=O) groups is 1. The maximum atomic E-state index is 11.6. The van der Waals surface area contributed by atoms with Crippen molar-refractivity contribution in [3.05, 3.63) is 27.4 Å². The molecular weight excluding hydrogens is 286 g/mol. The van der Waals surface area contributed by atoms with Crippen molar-refractivity contribution < 1.29 is 4.79 Å². The maximum Gasteiger partial charge on any atom is 0.268 e. The van der Waals surface area contributed by atoms with Crippen LogP contribution in [0.1, 0.15) is 20.3 Å². The van der Waals surface area contributed by atoms with Crippen LogP contribution in [-0.4, -0.2) is 22.0 Å². The van der Waals surface area contributed by atoms with Gasteiger partial charge in [-0.15, -0.1) is 0 Å². The number of aromatic nitrogens is 2. The van der Waals surface area contributed by atoms with Gasteiger partial charge in [-0.1, -0.05) is 13.8 Å². The van der Waals surface area contributed by atoms with E-state index in [0.29, 0.717) is 16.9 Å². The average Bonchev–Trinajstić information content (AvgIpc) is 2.24. The Labute approximate surface area is 108 Å². The number of hydrogen-bond donors (Lipinski definition) is 1. The molecule has 17 heavy (non-hydrogen) atoms. The molecule has 0 radical (unpaired) electrons. The molecule has 0 aromatic carbocycles. The zero-order valence-corrected chi connectivity index (χ0v) is 11.5. The van der Waals surface area contributed by atoms with Crippen LogP contribution in [0.2, 0.25) is 0 Å². The number of nitrogens with zero attached hydrogens (tertiary/aromatic N) is 2. The molecule has 1 amide bonds. The summed E-state index contributed by atoms with van der Waals surface area (Å²) in [5.74, 6) is 0.373. The van der Waals surface area contributed by atoms with Crippen LogP contribution in [0.4, 0.5) is 0 Å². The van der Waals surface area contributed by atoms with E-state index in [2.05, 4.69) is 40.1 Å². The molecule has 0 unspecified atom stereocenters. The van der Waals surface area contributed by atoms with Gasteiger partial charge in [-0.2, -0.15) is 0 Å². The summed E-state index contributed by atoms with van der Waals surface area (Å²) in [6.07, 6.45) is 3.70. The Bertz CT molecular complexity index is 443. The molecule has 0 fully saturated rings. The van der Waals surface area contributed by atoms with Crippen molar-refractivity contribution in [1.29, 1.82) is 0 Å². The molecule has 1 aromatic heterocycles. The zero-order chi connectivity index (χ0) is 12.8. The zero-order valence-electron chi connectivity index (χ0n) is 9.94. The summed E-state index contributed by atoms with van der Waals surface area (Å²) in [4.78, 5) is 27.0. The first-order valence-corrected chi connectivity index (χ1v) is 6.26. The number of rotatable bonds is 5. The van der Waals surface area contributed by atoms with E-state index in [1.165, 1.54) is 17.1 Å². The van der Waals surface area contributed by atoms with E-state index in [0.717, 1.165) is 6.42 Å². The highest BCUT2D eigenvalue weighted by molar-refractivity contribution is 9.10. The van der Waals surface area contributed by atoms with E-state index in [1.54, 1.807) is 0 Å². The van der Waals surface area contributed by atoms with Crippen LogP contribution in [0.3, 0.4) is 0 Å². The van der Waals surface area contributed by atoms with Gasteiger partial charge in [-0.3, -0.25) is 14.2 Å². The highest BCUT2D eigenvalue weighted by Gasteiger charge is 2.06. The lowest BCUT2D eigenvalue weighted by molar-refractivity contribution is -0.121. The number of halogens is 1. The van der Waals surface area contributed by atoms with Gasteiger partial charge in [-0.25, -0.2) is 4.98 Å². The molecular formula is C11H16BrN3O2. The van der Waals surface area contributed by atoms with Gasteiger partial charge in [0.2, 0.25) is 5.91 Å². The number of nitrogens with one attached hydrogen (secondary N) is 1. The second-order valence-electron chi connectivity index (χ2n) is 4.21. The first-order chi connectivity index (χ1) is 8.00. The fraction of sp³-hybridized carbons (Fsp3) is 0.545. The lowest BCUT2D eigenvalue weighted by Crippen LogP contribution is -2.33. The van der Waals surface area contributed by atoms with E-state index >= 15 is 0 Å². The summed E-state index contributed by atoms with van der Waals surface area (Å²) in [5, 5.41) is 2.77. The molecule has 0 saturated carbocycles. The quantitative estimate of drug-likeness (QED) is 0.888. The van der Waals surface area contributed by atoms with Gasteiger partial charge in [-0.05, 0) is 28.3 Å². The standard InChI is InChI=1S/C11H16BrN3O2/c1-8(2)3-4-14-10(16)6-15-7-13-5-9(12)11(15)17/h5,7-8H,3-4,6H2,1-2H3,(H,14,16). The van der Waals surface area contributed by atoms with Crippen LogP contribution in [0.15, 0.2) is 21.8 Å². The number of carbonyl (C=O) groups excluding carboxylic acids is 1. The third-order valence-electron chi connectivity index (χ3n) is 2.22. The molecule has 1 aromatic rings. The molecule has 0 bridgehead atoms. The van der Waals surface area contributed by atoms with Crippen molar-refractivity contribution in [3.63, 3.8) is 0 Å². The summed E-state index contributed by atoms with van der Waals surface area (Å²) in [6.45, 7) is 4.82. The number of hydrogen-bond acceptors (Lipinski definition) is 3. The van der Waals surface area contributed by atoms with Crippen molar-refractivity contribution in [2.75, 3.05) is 6.54 Å². The lowest BCUT2D eigenvalue weighted by atomic mass is 10.1. The van der Waals surface area contributed by atoms with Crippen LogP contribution >= 0.6 is 15.9 Å². The van der Waals surface area contributed by atoms with Gasteiger partial charge >= 0.3 is 0 Å².